The first-order valence-corrected chi connectivity index (χ1v) is 9.68. The SMILES string of the molecule is O=C1NC(=O)C2(C(=O)N1)C1=C(C(=O)c3ccccc3C1=O)n1c(=O)c3ccccc3c(=O)n12. The van der Waals surface area contributed by atoms with Crippen LogP contribution in [0.15, 0.2) is 63.7 Å². The van der Waals surface area contributed by atoms with Gasteiger partial charge in [0, 0.05) is 11.1 Å². The number of benzene rings is 2. The largest absolute Gasteiger partial charge is 0.328 e. The maximum absolute atomic E-state index is 13.6. The van der Waals surface area contributed by atoms with Crippen molar-refractivity contribution in [2.24, 2.45) is 0 Å². The molecule has 2 N–H and O–H groups in total. The van der Waals surface area contributed by atoms with Gasteiger partial charge in [-0.15, -0.1) is 0 Å². The molecule has 2 aromatic carbocycles. The Bertz CT molecular complexity index is 1690. The second-order valence-corrected chi connectivity index (χ2v) is 7.65. The van der Waals surface area contributed by atoms with E-state index in [4.69, 9.17) is 0 Å². The lowest BCUT2D eigenvalue weighted by molar-refractivity contribution is -0.140. The van der Waals surface area contributed by atoms with E-state index in [1.54, 1.807) is 0 Å². The van der Waals surface area contributed by atoms with Gasteiger partial charge in [-0.2, -0.15) is 0 Å². The minimum Gasteiger partial charge on any atom is -0.289 e. The molecule has 1 saturated heterocycles. The van der Waals surface area contributed by atoms with Gasteiger partial charge >= 0.3 is 6.03 Å². The first-order valence-electron chi connectivity index (χ1n) is 9.68. The number of carbonyl (C=O) groups is 5. The Kier molecular flexibility index (Phi) is 3.34. The molecule has 0 atom stereocenters. The molecular formula is C22H10N4O7. The van der Waals surface area contributed by atoms with Crippen molar-refractivity contribution >= 4 is 45.9 Å². The number of urea groups is 1. The molecule has 3 heterocycles. The van der Waals surface area contributed by atoms with E-state index >= 15 is 0 Å². The number of hydrogen-bond acceptors (Lipinski definition) is 7. The fourth-order valence-corrected chi connectivity index (χ4v) is 4.72. The highest BCUT2D eigenvalue weighted by atomic mass is 16.2. The summed E-state index contributed by atoms with van der Waals surface area (Å²) in [6.07, 6.45) is 0. The number of carbonyl (C=O) groups excluding carboxylic acids is 5. The zero-order chi connectivity index (χ0) is 23.2. The van der Waals surface area contributed by atoms with Gasteiger partial charge in [0.2, 0.25) is 5.78 Å². The van der Waals surface area contributed by atoms with Crippen LogP contribution in [0.3, 0.4) is 0 Å². The van der Waals surface area contributed by atoms with Crippen LogP contribution in [0, 0.1) is 0 Å². The summed E-state index contributed by atoms with van der Waals surface area (Å²) in [5.41, 5.74) is -6.02. The molecule has 11 nitrogen and oxygen atoms in total. The third-order valence-electron chi connectivity index (χ3n) is 6.07. The monoisotopic (exact) mass is 442 g/mol. The molecule has 1 fully saturated rings. The highest BCUT2D eigenvalue weighted by Gasteiger charge is 2.65. The predicted molar refractivity (Wildman–Crippen MR) is 110 cm³/mol. The zero-order valence-electron chi connectivity index (χ0n) is 16.4. The molecule has 3 aliphatic rings. The molecule has 160 valence electrons. The Morgan fingerprint density at radius 2 is 1.15 bits per heavy atom. The summed E-state index contributed by atoms with van der Waals surface area (Å²) in [6.45, 7) is 0. The molecule has 1 aromatic heterocycles. The molecule has 0 saturated carbocycles. The third kappa shape index (κ3) is 1.96. The molecule has 1 spiro atoms. The van der Waals surface area contributed by atoms with Crippen molar-refractivity contribution in [3.8, 4) is 0 Å². The number of fused-ring (bicyclic) bond motifs is 6. The highest BCUT2D eigenvalue weighted by Crippen LogP contribution is 2.43. The van der Waals surface area contributed by atoms with Crippen molar-refractivity contribution in [2.75, 3.05) is 0 Å². The Morgan fingerprint density at radius 3 is 1.76 bits per heavy atom. The highest BCUT2D eigenvalue weighted by molar-refractivity contribution is 6.43. The second kappa shape index (κ2) is 5.85. The molecular weight excluding hydrogens is 432 g/mol. The summed E-state index contributed by atoms with van der Waals surface area (Å²) in [4.78, 5) is 92.4. The van der Waals surface area contributed by atoms with Crippen molar-refractivity contribution in [2.45, 2.75) is 5.54 Å². The first kappa shape index (κ1) is 18.8. The van der Waals surface area contributed by atoms with E-state index in [0.717, 1.165) is 0 Å². The summed E-state index contributed by atoms with van der Waals surface area (Å²) < 4.78 is 1.10. The number of barbiturate groups is 1. The second-order valence-electron chi connectivity index (χ2n) is 7.65. The van der Waals surface area contributed by atoms with Crippen LogP contribution >= 0.6 is 0 Å². The van der Waals surface area contributed by atoms with E-state index in [0.29, 0.717) is 9.36 Å². The average Bonchev–Trinajstić information content (AvgIpc) is 3.13. The molecule has 0 unspecified atom stereocenters. The fraction of sp³-hybridized carbons (Fsp3) is 0.0455. The Labute approximate surface area is 181 Å². The zero-order valence-corrected chi connectivity index (χ0v) is 16.4. The summed E-state index contributed by atoms with van der Waals surface area (Å²) in [5, 5.41) is 3.57. The number of imide groups is 2. The van der Waals surface area contributed by atoms with E-state index in [-0.39, 0.29) is 21.9 Å². The van der Waals surface area contributed by atoms with Gasteiger partial charge in [0.15, 0.2) is 5.78 Å². The van der Waals surface area contributed by atoms with Crippen LogP contribution in [0.25, 0.3) is 16.5 Å². The Morgan fingerprint density at radius 1 is 0.636 bits per heavy atom. The van der Waals surface area contributed by atoms with Gasteiger partial charge in [-0.05, 0) is 12.1 Å². The molecule has 6 rings (SSSR count). The van der Waals surface area contributed by atoms with Crippen LogP contribution in [-0.2, 0) is 15.1 Å². The number of hydrogen-bond donors (Lipinski definition) is 2. The van der Waals surface area contributed by atoms with Crippen LogP contribution in [-0.4, -0.2) is 38.8 Å². The third-order valence-corrected chi connectivity index (χ3v) is 6.07. The number of Topliss-reactive ketones (excluding diaryl/α,β-unsaturated/α-hetero) is 2. The summed E-state index contributed by atoms with van der Waals surface area (Å²) in [5.74, 6) is -4.36. The van der Waals surface area contributed by atoms with Gasteiger partial charge in [0.25, 0.3) is 28.5 Å². The maximum Gasteiger partial charge on any atom is 0.328 e. The van der Waals surface area contributed by atoms with Crippen molar-refractivity contribution in [3.63, 3.8) is 0 Å². The van der Waals surface area contributed by atoms with Crippen LogP contribution in [0.2, 0.25) is 0 Å². The predicted octanol–water partition coefficient (Wildman–Crippen LogP) is -0.472. The molecule has 3 aromatic rings. The molecule has 0 bridgehead atoms. The molecule has 11 heteroatoms. The smallest absolute Gasteiger partial charge is 0.289 e. The number of allylic oxidation sites excluding steroid dienone is 1. The van der Waals surface area contributed by atoms with E-state index in [2.05, 4.69) is 0 Å². The van der Waals surface area contributed by atoms with Crippen LogP contribution in [0.5, 0.6) is 0 Å². The normalized spacial score (nSPS) is 18.2. The number of nitrogens with zero attached hydrogens (tertiary/aromatic N) is 2. The quantitative estimate of drug-likeness (QED) is 0.446. The van der Waals surface area contributed by atoms with Gasteiger partial charge in [0.05, 0.1) is 16.3 Å². The topological polar surface area (TPSA) is 153 Å². The molecule has 33 heavy (non-hydrogen) atoms. The van der Waals surface area contributed by atoms with Gasteiger partial charge in [0.1, 0.15) is 5.70 Å². The van der Waals surface area contributed by atoms with Gasteiger partial charge in [-0.25, -0.2) is 14.2 Å². The lowest BCUT2D eigenvalue weighted by Gasteiger charge is -2.33. The molecule has 4 amide bonds. The van der Waals surface area contributed by atoms with Crippen molar-refractivity contribution < 1.29 is 24.0 Å². The van der Waals surface area contributed by atoms with Crippen LogP contribution < -0.4 is 21.8 Å². The summed E-state index contributed by atoms with van der Waals surface area (Å²) >= 11 is 0. The minimum atomic E-state index is -2.77. The maximum atomic E-state index is 13.6. The van der Waals surface area contributed by atoms with E-state index < -0.39 is 57.3 Å². The fourth-order valence-electron chi connectivity index (χ4n) is 4.72. The van der Waals surface area contributed by atoms with Gasteiger partial charge in [-0.3, -0.25) is 39.4 Å². The van der Waals surface area contributed by atoms with E-state index in [9.17, 15) is 33.6 Å². The Balaban J connectivity index is 1.87. The minimum absolute atomic E-state index is 0.0509. The number of nitrogens with one attached hydrogen (secondary N) is 2. The lowest BCUT2D eigenvalue weighted by atomic mass is 9.76. The number of rotatable bonds is 0. The molecule has 0 radical (unpaired) electrons. The lowest BCUT2D eigenvalue weighted by Crippen LogP contribution is -2.70. The van der Waals surface area contributed by atoms with Crippen molar-refractivity contribution in [1.82, 2.24) is 20.0 Å². The van der Waals surface area contributed by atoms with Gasteiger partial charge in [-0.1, -0.05) is 36.4 Å². The average molecular weight is 442 g/mol. The van der Waals surface area contributed by atoms with Gasteiger partial charge < -0.3 is 0 Å². The molecule has 2 aliphatic heterocycles. The van der Waals surface area contributed by atoms with Crippen LogP contribution in [0.1, 0.15) is 20.7 Å². The van der Waals surface area contributed by atoms with Crippen LogP contribution in [0.4, 0.5) is 4.79 Å². The standard InChI is InChI=1S/C22H10N4O7/c27-15-9-5-1-2-6-10(9)16(28)14-13(15)22(19(31)23-21(33)24-20(22)32)26-18(30)12-8-4-3-7-11(12)17(29)25(14)26/h1-8H,(H2,23,24,31,32,33). The Hall–Kier alpha value is -4.93. The first-order chi connectivity index (χ1) is 15.8. The number of amides is 4. The van der Waals surface area contributed by atoms with Crippen molar-refractivity contribution in [1.29, 1.82) is 0 Å². The molecule has 1 aliphatic carbocycles. The van der Waals surface area contributed by atoms with Crippen molar-refractivity contribution in [3.05, 3.63) is 85.9 Å². The van der Waals surface area contributed by atoms with E-state index in [1.165, 1.54) is 48.5 Å². The number of ketones is 2. The van der Waals surface area contributed by atoms with E-state index in [1.807, 2.05) is 10.6 Å². The summed E-state index contributed by atoms with van der Waals surface area (Å²) in [7, 11) is 0. The number of aromatic nitrogens is 2. The summed E-state index contributed by atoms with van der Waals surface area (Å²) in [6, 6.07) is 10.2.